The molecule has 2 aromatic rings. The quantitative estimate of drug-likeness (QED) is 0.927. The molecule has 2 heterocycles. The minimum Gasteiger partial charge on any atom is -0.316 e. The lowest BCUT2D eigenvalue weighted by Gasteiger charge is -2.21. The molecule has 1 fully saturated rings. The minimum atomic E-state index is -1.05. The van der Waals surface area contributed by atoms with Crippen LogP contribution in [-0.4, -0.2) is 33.0 Å². The van der Waals surface area contributed by atoms with Gasteiger partial charge in [-0.2, -0.15) is 0 Å². The van der Waals surface area contributed by atoms with Gasteiger partial charge in [0, 0.05) is 5.75 Å². The summed E-state index contributed by atoms with van der Waals surface area (Å²) in [6.45, 7) is 2.05. The zero-order valence-electron chi connectivity index (χ0n) is 10.7. The average Bonchev–Trinajstić information content (AvgIpc) is 2.48. The van der Waals surface area contributed by atoms with Crippen molar-refractivity contribution in [3.05, 3.63) is 30.5 Å². The molecule has 3 rings (SSSR count). The van der Waals surface area contributed by atoms with Crippen LogP contribution in [0.2, 0.25) is 0 Å². The fourth-order valence-electron chi connectivity index (χ4n) is 2.42. The van der Waals surface area contributed by atoms with Crippen molar-refractivity contribution in [1.82, 2.24) is 15.3 Å². The normalized spacial score (nSPS) is 21.4. The van der Waals surface area contributed by atoms with E-state index >= 15 is 0 Å². The molecule has 5 heteroatoms. The van der Waals surface area contributed by atoms with Crippen molar-refractivity contribution < 1.29 is 4.21 Å². The van der Waals surface area contributed by atoms with Crippen molar-refractivity contribution in [2.45, 2.75) is 17.9 Å². The summed E-state index contributed by atoms with van der Waals surface area (Å²) in [6.07, 6.45) is 3.97. The number of aromatic nitrogens is 2. The molecule has 1 aromatic heterocycles. The molecule has 1 aliphatic rings. The zero-order valence-corrected chi connectivity index (χ0v) is 11.5. The highest BCUT2D eigenvalue weighted by atomic mass is 32.2. The van der Waals surface area contributed by atoms with E-state index in [2.05, 4.69) is 15.3 Å². The van der Waals surface area contributed by atoms with Crippen LogP contribution in [0, 0.1) is 5.92 Å². The van der Waals surface area contributed by atoms with Crippen LogP contribution < -0.4 is 5.32 Å². The predicted octanol–water partition coefficient (Wildman–Crippen LogP) is 1.74. The first-order chi connectivity index (χ1) is 9.33. The molecule has 4 nitrogen and oxygen atoms in total. The standard InChI is InChI=1S/C14H17N3OS/c18-19(10-11-4-3-7-15-8-11)14-9-16-12-5-1-2-6-13(12)17-14/h1-2,5-6,9,11,15H,3-4,7-8,10H2. The Morgan fingerprint density at radius 1 is 1.32 bits per heavy atom. The molecule has 0 amide bonds. The van der Waals surface area contributed by atoms with Crippen molar-refractivity contribution in [3.8, 4) is 0 Å². The summed E-state index contributed by atoms with van der Waals surface area (Å²) in [5, 5.41) is 3.95. The van der Waals surface area contributed by atoms with Gasteiger partial charge in [-0.3, -0.25) is 9.19 Å². The second-order valence-electron chi connectivity index (χ2n) is 4.92. The van der Waals surface area contributed by atoms with Crippen LogP contribution in [-0.2, 0) is 10.8 Å². The molecule has 0 spiro atoms. The summed E-state index contributed by atoms with van der Waals surface area (Å²) in [5.74, 6) is 1.17. The third kappa shape index (κ3) is 2.98. The largest absolute Gasteiger partial charge is 0.316 e. The fourth-order valence-corrected chi connectivity index (χ4v) is 3.67. The van der Waals surface area contributed by atoms with Gasteiger partial charge < -0.3 is 5.32 Å². The predicted molar refractivity (Wildman–Crippen MR) is 76.4 cm³/mol. The Labute approximate surface area is 115 Å². The monoisotopic (exact) mass is 275 g/mol. The molecule has 2 atom stereocenters. The number of piperidine rings is 1. The molecule has 0 radical (unpaired) electrons. The molecule has 1 N–H and O–H groups in total. The van der Waals surface area contributed by atoms with Crippen molar-refractivity contribution in [2.24, 2.45) is 5.92 Å². The summed E-state index contributed by atoms with van der Waals surface area (Å²) in [5.41, 5.74) is 1.66. The second-order valence-corrected chi connectivity index (χ2v) is 6.36. The molecule has 2 unspecified atom stereocenters. The number of hydrogen-bond donors (Lipinski definition) is 1. The van der Waals surface area contributed by atoms with Crippen LogP contribution in [0.1, 0.15) is 12.8 Å². The van der Waals surface area contributed by atoms with Crippen LogP contribution in [0.3, 0.4) is 0 Å². The van der Waals surface area contributed by atoms with E-state index in [1.807, 2.05) is 24.3 Å². The summed E-state index contributed by atoms with van der Waals surface area (Å²) in [4.78, 5) is 8.78. The van der Waals surface area contributed by atoms with Crippen LogP contribution in [0.4, 0.5) is 0 Å². The lowest BCUT2D eigenvalue weighted by Crippen LogP contribution is -2.32. The van der Waals surface area contributed by atoms with Gasteiger partial charge in [0.05, 0.1) is 28.0 Å². The molecular formula is C14H17N3OS. The van der Waals surface area contributed by atoms with Gasteiger partial charge in [-0.1, -0.05) is 12.1 Å². The number of nitrogens with one attached hydrogen (secondary N) is 1. The minimum absolute atomic E-state index is 0.489. The Balaban J connectivity index is 1.77. The molecule has 0 bridgehead atoms. The molecule has 100 valence electrons. The van der Waals surface area contributed by atoms with Crippen LogP contribution in [0.5, 0.6) is 0 Å². The van der Waals surface area contributed by atoms with E-state index in [1.165, 1.54) is 6.42 Å². The van der Waals surface area contributed by atoms with E-state index in [0.717, 1.165) is 30.5 Å². The van der Waals surface area contributed by atoms with E-state index in [-0.39, 0.29) is 0 Å². The highest BCUT2D eigenvalue weighted by Crippen LogP contribution is 2.16. The van der Waals surface area contributed by atoms with Crippen molar-refractivity contribution >= 4 is 21.8 Å². The van der Waals surface area contributed by atoms with Crippen LogP contribution in [0.15, 0.2) is 35.5 Å². The van der Waals surface area contributed by atoms with Gasteiger partial charge in [0.25, 0.3) is 0 Å². The van der Waals surface area contributed by atoms with Gasteiger partial charge in [0.15, 0.2) is 0 Å². The number of benzene rings is 1. The lowest BCUT2D eigenvalue weighted by molar-refractivity contribution is 0.408. The molecule has 0 saturated carbocycles. The Hall–Kier alpha value is -1.33. The van der Waals surface area contributed by atoms with Gasteiger partial charge in [0.1, 0.15) is 5.03 Å². The topological polar surface area (TPSA) is 54.9 Å². The first kappa shape index (κ1) is 12.7. The SMILES string of the molecule is O=S(CC1CCCNC1)c1cnc2ccccc2n1. The summed E-state index contributed by atoms with van der Waals surface area (Å²) in [7, 11) is -1.05. The number of nitrogens with zero attached hydrogens (tertiary/aromatic N) is 2. The molecule has 1 saturated heterocycles. The van der Waals surface area contributed by atoms with Gasteiger partial charge in [0.2, 0.25) is 0 Å². The van der Waals surface area contributed by atoms with Crippen LogP contribution >= 0.6 is 0 Å². The average molecular weight is 275 g/mol. The van der Waals surface area contributed by atoms with E-state index in [0.29, 0.717) is 16.7 Å². The fraction of sp³-hybridized carbons (Fsp3) is 0.429. The number of para-hydroxylation sites is 2. The maximum atomic E-state index is 12.3. The van der Waals surface area contributed by atoms with Crippen molar-refractivity contribution in [1.29, 1.82) is 0 Å². The Bertz CT molecular complexity index is 596. The number of fused-ring (bicyclic) bond motifs is 1. The Kier molecular flexibility index (Phi) is 3.84. The highest BCUT2D eigenvalue weighted by Gasteiger charge is 2.18. The van der Waals surface area contributed by atoms with Gasteiger partial charge in [-0.05, 0) is 44.0 Å². The third-order valence-electron chi connectivity index (χ3n) is 3.45. The summed E-state index contributed by atoms with van der Waals surface area (Å²) < 4.78 is 12.3. The number of rotatable bonds is 3. The van der Waals surface area contributed by atoms with Crippen molar-refractivity contribution in [3.63, 3.8) is 0 Å². The molecule has 1 aromatic carbocycles. The van der Waals surface area contributed by atoms with Gasteiger partial charge in [-0.15, -0.1) is 0 Å². The smallest absolute Gasteiger partial charge is 0.146 e. The maximum Gasteiger partial charge on any atom is 0.146 e. The third-order valence-corrected chi connectivity index (χ3v) is 4.88. The van der Waals surface area contributed by atoms with Gasteiger partial charge in [-0.25, -0.2) is 4.98 Å². The van der Waals surface area contributed by atoms with Gasteiger partial charge >= 0.3 is 0 Å². The first-order valence-electron chi connectivity index (χ1n) is 6.64. The summed E-state index contributed by atoms with van der Waals surface area (Å²) >= 11 is 0. The van der Waals surface area contributed by atoms with Crippen LogP contribution in [0.25, 0.3) is 11.0 Å². The summed E-state index contributed by atoms with van der Waals surface area (Å²) in [6, 6.07) is 7.68. The zero-order chi connectivity index (χ0) is 13.1. The highest BCUT2D eigenvalue weighted by molar-refractivity contribution is 7.84. The van der Waals surface area contributed by atoms with E-state index in [1.54, 1.807) is 6.20 Å². The van der Waals surface area contributed by atoms with E-state index in [4.69, 9.17) is 0 Å². The number of hydrogen-bond acceptors (Lipinski definition) is 4. The van der Waals surface area contributed by atoms with E-state index in [9.17, 15) is 4.21 Å². The maximum absolute atomic E-state index is 12.3. The molecular weight excluding hydrogens is 258 g/mol. The molecule has 0 aliphatic carbocycles. The first-order valence-corrected chi connectivity index (χ1v) is 7.96. The molecule has 19 heavy (non-hydrogen) atoms. The Morgan fingerprint density at radius 3 is 2.95 bits per heavy atom. The van der Waals surface area contributed by atoms with E-state index < -0.39 is 10.8 Å². The Morgan fingerprint density at radius 2 is 2.16 bits per heavy atom. The second kappa shape index (κ2) is 5.75. The molecule has 1 aliphatic heterocycles. The lowest BCUT2D eigenvalue weighted by atomic mass is 10.0. The van der Waals surface area contributed by atoms with Crippen molar-refractivity contribution in [2.75, 3.05) is 18.8 Å².